The number of imidazole rings is 1. The van der Waals surface area contributed by atoms with Crippen molar-refractivity contribution < 1.29 is 8.78 Å². The molecule has 3 rings (SSSR count). The van der Waals surface area contributed by atoms with Gasteiger partial charge in [0.05, 0.1) is 11.0 Å². The smallest absolute Gasteiger partial charge is 0.161 e. The number of anilines is 1. The average Bonchev–Trinajstić information content (AvgIpc) is 2.80. The number of aryl methyl sites for hydroxylation is 1. The van der Waals surface area contributed by atoms with Gasteiger partial charge >= 0.3 is 0 Å². The summed E-state index contributed by atoms with van der Waals surface area (Å²) in [6.07, 6.45) is 1.67. The van der Waals surface area contributed by atoms with Gasteiger partial charge in [0.1, 0.15) is 5.82 Å². The van der Waals surface area contributed by atoms with Crippen LogP contribution in [0.5, 0.6) is 0 Å². The molecule has 3 nitrogen and oxygen atoms in total. The van der Waals surface area contributed by atoms with Gasteiger partial charge in [-0.15, -0.1) is 0 Å². The van der Waals surface area contributed by atoms with Crippen LogP contribution in [-0.4, -0.2) is 9.55 Å². The van der Waals surface area contributed by atoms with Crippen LogP contribution in [0.3, 0.4) is 0 Å². The molecule has 22 heavy (non-hydrogen) atoms. The Kier molecular flexibility index (Phi) is 3.79. The van der Waals surface area contributed by atoms with Gasteiger partial charge in [0.15, 0.2) is 11.6 Å². The summed E-state index contributed by atoms with van der Waals surface area (Å²) >= 11 is 0. The normalized spacial score (nSPS) is 11.2. The van der Waals surface area contributed by atoms with Crippen LogP contribution in [0.2, 0.25) is 0 Å². The lowest BCUT2D eigenvalue weighted by Crippen LogP contribution is -2.05. The van der Waals surface area contributed by atoms with Crippen LogP contribution in [0.4, 0.5) is 14.5 Å². The van der Waals surface area contributed by atoms with Gasteiger partial charge in [-0.2, -0.15) is 0 Å². The van der Waals surface area contributed by atoms with E-state index in [1.165, 1.54) is 6.07 Å². The van der Waals surface area contributed by atoms with Gasteiger partial charge in [-0.05, 0) is 24.1 Å². The predicted octanol–water partition coefficient (Wildman–Crippen LogP) is 3.90. The molecule has 0 spiro atoms. The Hall–Kier alpha value is -2.43. The Morgan fingerprint density at radius 2 is 1.77 bits per heavy atom. The van der Waals surface area contributed by atoms with Gasteiger partial charge in [-0.1, -0.05) is 19.1 Å². The van der Waals surface area contributed by atoms with Crippen LogP contribution in [0.25, 0.3) is 11.0 Å². The summed E-state index contributed by atoms with van der Waals surface area (Å²) < 4.78 is 28.9. The molecule has 1 heterocycles. The summed E-state index contributed by atoms with van der Waals surface area (Å²) in [5.41, 5.74) is 8.52. The monoisotopic (exact) mass is 301 g/mol. The number of fused-ring (bicyclic) bond motifs is 1. The summed E-state index contributed by atoms with van der Waals surface area (Å²) in [5, 5.41) is 0. The van der Waals surface area contributed by atoms with Gasteiger partial charge in [-0.3, -0.25) is 0 Å². The first-order valence-corrected chi connectivity index (χ1v) is 7.27. The molecular weight excluding hydrogens is 284 g/mol. The lowest BCUT2D eigenvalue weighted by Gasteiger charge is -2.09. The molecule has 0 fully saturated rings. The Morgan fingerprint density at radius 1 is 1.09 bits per heavy atom. The fourth-order valence-electron chi connectivity index (χ4n) is 2.57. The maximum atomic E-state index is 13.6. The van der Waals surface area contributed by atoms with E-state index in [4.69, 9.17) is 5.73 Å². The maximum absolute atomic E-state index is 13.6. The zero-order chi connectivity index (χ0) is 15.7. The van der Waals surface area contributed by atoms with Crippen molar-refractivity contribution >= 4 is 16.7 Å². The van der Waals surface area contributed by atoms with Crippen LogP contribution >= 0.6 is 0 Å². The lowest BCUT2D eigenvalue weighted by molar-refractivity contribution is 0.510. The minimum atomic E-state index is -0.868. The van der Waals surface area contributed by atoms with Crippen molar-refractivity contribution in [2.75, 3.05) is 5.73 Å². The number of hydrogen-bond donors (Lipinski definition) is 1. The number of nitrogens with two attached hydrogens (primary N) is 1. The number of hydrogen-bond acceptors (Lipinski definition) is 2. The largest absolute Gasteiger partial charge is 0.399 e. The molecule has 0 saturated heterocycles. The van der Waals surface area contributed by atoms with E-state index in [-0.39, 0.29) is 0 Å². The molecule has 0 atom stereocenters. The topological polar surface area (TPSA) is 43.8 Å². The zero-order valence-electron chi connectivity index (χ0n) is 12.3. The summed E-state index contributed by atoms with van der Waals surface area (Å²) in [6, 6.07) is 9.88. The van der Waals surface area contributed by atoms with Gasteiger partial charge < -0.3 is 10.3 Å². The maximum Gasteiger partial charge on any atom is 0.161 e. The highest BCUT2D eigenvalue weighted by Gasteiger charge is 2.14. The van der Waals surface area contributed by atoms with E-state index in [1.807, 2.05) is 35.8 Å². The summed E-state index contributed by atoms with van der Waals surface area (Å²) in [4.78, 5) is 4.45. The first kappa shape index (κ1) is 14.5. The van der Waals surface area contributed by atoms with Crippen molar-refractivity contribution in [3.63, 3.8) is 0 Å². The molecule has 0 bridgehead atoms. The van der Waals surface area contributed by atoms with E-state index in [2.05, 4.69) is 4.98 Å². The number of halogens is 2. The minimum absolute atomic E-state index is 0.484. The zero-order valence-corrected chi connectivity index (χ0v) is 12.3. The van der Waals surface area contributed by atoms with Crippen LogP contribution in [-0.2, 0) is 13.0 Å². The second-order valence-electron chi connectivity index (χ2n) is 5.36. The fourth-order valence-corrected chi connectivity index (χ4v) is 2.57. The molecule has 0 radical (unpaired) electrons. The Labute approximate surface area is 127 Å². The Balaban J connectivity index is 2.10. The van der Waals surface area contributed by atoms with Crippen LogP contribution in [0.1, 0.15) is 24.7 Å². The summed E-state index contributed by atoms with van der Waals surface area (Å²) in [7, 11) is 0. The van der Waals surface area contributed by atoms with Crippen molar-refractivity contribution in [1.29, 1.82) is 0 Å². The third-order valence-corrected chi connectivity index (χ3v) is 3.66. The Morgan fingerprint density at radius 3 is 2.45 bits per heavy atom. The van der Waals surface area contributed by atoms with E-state index in [0.29, 0.717) is 23.3 Å². The number of benzene rings is 2. The second kappa shape index (κ2) is 5.75. The highest BCUT2D eigenvalue weighted by Crippen LogP contribution is 2.22. The van der Waals surface area contributed by atoms with E-state index >= 15 is 0 Å². The highest BCUT2D eigenvalue weighted by atomic mass is 19.2. The molecule has 0 aliphatic carbocycles. The molecule has 3 aromatic rings. The molecule has 1 aromatic heterocycles. The first-order chi connectivity index (χ1) is 10.6. The Bertz CT molecular complexity index is 807. The van der Waals surface area contributed by atoms with Gasteiger partial charge in [0.2, 0.25) is 0 Å². The van der Waals surface area contributed by atoms with Crippen LogP contribution in [0, 0.1) is 11.6 Å². The van der Waals surface area contributed by atoms with E-state index in [1.54, 1.807) is 0 Å². The van der Waals surface area contributed by atoms with Crippen molar-refractivity contribution in [3.05, 3.63) is 59.4 Å². The first-order valence-electron chi connectivity index (χ1n) is 7.27. The molecule has 2 N–H and O–H groups in total. The molecule has 0 aliphatic heterocycles. The third-order valence-electron chi connectivity index (χ3n) is 3.66. The molecule has 114 valence electrons. The summed E-state index contributed by atoms with van der Waals surface area (Å²) in [6.45, 7) is 2.60. The van der Waals surface area contributed by atoms with Gasteiger partial charge in [-0.25, -0.2) is 13.8 Å². The van der Waals surface area contributed by atoms with Crippen molar-refractivity contribution in [2.24, 2.45) is 0 Å². The van der Waals surface area contributed by atoms with Crippen molar-refractivity contribution in [1.82, 2.24) is 9.55 Å². The molecule has 0 unspecified atom stereocenters. The number of nitrogens with zero attached hydrogens (tertiary/aromatic N) is 2. The third kappa shape index (κ3) is 2.66. The van der Waals surface area contributed by atoms with E-state index in [9.17, 15) is 8.78 Å². The van der Waals surface area contributed by atoms with Gasteiger partial charge in [0, 0.05) is 30.8 Å². The van der Waals surface area contributed by atoms with E-state index < -0.39 is 11.6 Å². The van der Waals surface area contributed by atoms with Crippen molar-refractivity contribution in [2.45, 2.75) is 26.3 Å². The van der Waals surface area contributed by atoms with E-state index in [0.717, 1.165) is 30.3 Å². The SMILES string of the molecule is CCCc1nc2cc(F)c(F)cc2n1Cc1ccc(N)cc1. The number of nitrogen functional groups attached to an aromatic ring is 1. The second-order valence-corrected chi connectivity index (χ2v) is 5.36. The molecule has 0 aliphatic rings. The lowest BCUT2D eigenvalue weighted by atomic mass is 10.2. The van der Waals surface area contributed by atoms with Crippen molar-refractivity contribution in [3.8, 4) is 0 Å². The standard InChI is InChI=1S/C17H17F2N3/c1-2-3-17-21-15-8-13(18)14(19)9-16(15)22(17)10-11-4-6-12(20)7-5-11/h4-9H,2-3,10,20H2,1H3. The van der Waals surface area contributed by atoms with Crippen LogP contribution in [0.15, 0.2) is 36.4 Å². The molecule has 0 saturated carbocycles. The quantitative estimate of drug-likeness (QED) is 0.743. The van der Waals surface area contributed by atoms with Crippen LogP contribution < -0.4 is 5.73 Å². The van der Waals surface area contributed by atoms with Gasteiger partial charge in [0.25, 0.3) is 0 Å². The molecule has 0 amide bonds. The summed E-state index contributed by atoms with van der Waals surface area (Å²) in [5.74, 6) is -0.888. The highest BCUT2D eigenvalue weighted by molar-refractivity contribution is 5.76. The minimum Gasteiger partial charge on any atom is -0.399 e. The number of rotatable bonds is 4. The fraction of sp³-hybridized carbons (Fsp3) is 0.235. The predicted molar refractivity (Wildman–Crippen MR) is 83.6 cm³/mol. The number of aromatic nitrogens is 2. The molecular formula is C17H17F2N3. The average molecular weight is 301 g/mol. The molecule has 5 heteroatoms. The molecule has 2 aromatic carbocycles.